The Morgan fingerprint density at radius 1 is 1.00 bits per heavy atom. The highest BCUT2D eigenvalue weighted by Crippen LogP contribution is 2.40. The van der Waals surface area contributed by atoms with E-state index in [0.29, 0.717) is 36.3 Å². The van der Waals surface area contributed by atoms with Crippen LogP contribution in [0.15, 0.2) is 72.0 Å². The van der Waals surface area contributed by atoms with Crippen LogP contribution < -0.4 is 18.5 Å². The number of hydrogen-bond acceptors (Lipinski definition) is 9. The molecule has 0 N–H and O–H groups in total. The van der Waals surface area contributed by atoms with Gasteiger partial charge in [0.05, 0.1) is 26.3 Å². The van der Waals surface area contributed by atoms with Crippen molar-refractivity contribution in [1.82, 2.24) is 19.9 Å². The van der Waals surface area contributed by atoms with Gasteiger partial charge in [-0.05, 0) is 81.2 Å². The van der Waals surface area contributed by atoms with Crippen LogP contribution in [0.2, 0.25) is 5.15 Å². The Balaban J connectivity index is 1.39. The quantitative estimate of drug-likeness (QED) is 0.123. The smallest absolute Gasteiger partial charge is 0.416 e. The van der Waals surface area contributed by atoms with Crippen molar-refractivity contribution in [3.05, 3.63) is 94.8 Å². The highest BCUT2D eigenvalue weighted by molar-refractivity contribution is 7.92. The van der Waals surface area contributed by atoms with E-state index >= 15 is 0 Å². The van der Waals surface area contributed by atoms with E-state index in [1.807, 2.05) is 4.90 Å². The van der Waals surface area contributed by atoms with Crippen LogP contribution in [-0.4, -0.2) is 68.7 Å². The number of aromatic nitrogens is 3. The van der Waals surface area contributed by atoms with E-state index in [0.717, 1.165) is 22.5 Å². The van der Waals surface area contributed by atoms with E-state index in [4.69, 9.17) is 25.8 Å². The predicted octanol–water partition coefficient (Wildman–Crippen LogP) is 6.74. The van der Waals surface area contributed by atoms with E-state index in [1.54, 1.807) is 32.3 Å². The highest BCUT2D eigenvalue weighted by Gasteiger charge is 2.38. The zero-order chi connectivity index (χ0) is 35.5. The van der Waals surface area contributed by atoms with E-state index < -0.39 is 39.6 Å². The van der Waals surface area contributed by atoms with Crippen molar-refractivity contribution in [2.45, 2.75) is 54.9 Å². The third-order valence-corrected chi connectivity index (χ3v) is 10.6. The maximum absolute atomic E-state index is 14.7. The number of hydrogen-bond donors (Lipinski definition) is 0. The molecule has 0 spiro atoms. The molecule has 10 nitrogen and oxygen atoms in total. The number of sulfonamides is 1. The lowest BCUT2D eigenvalue weighted by molar-refractivity contribution is -0.137. The number of halogens is 5. The second-order valence-corrected chi connectivity index (χ2v) is 13.8. The summed E-state index contributed by atoms with van der Waals surface area (Å²) >= 11 is 6.52. The molecule has 0 unspecified atom stereocenters. The minimum Gasteiger partial charge on any atom is -0.497 e. The fourth-order valence-corrected chi connectivity index (χ4v) is 7.75. The zero-order valence-corrected chi connectivity index (χ0v) is 28.6. The zero-order valence-electron chi connectivity index (χ0n) is 27.0. The van der Waals surface area contributed by atoms with Crippen LogP contribution in [0.3, 0.4) is 0 Å². The molecule has 16 heteroatoms. The largest absolute Gasteiger partial charge is 0.497 e. The van der Waals surface area contributed by atoms with Gasteiger partial charge >= 0.3 is 6.18 Å². The van der Waals surface area contributed by atoms with Crippen LogP contribution in [0.1, 0.15) is 41.9 Å². The number of rotatable bonds is 11. The second kappa shape index (κ2) is 14.7. The fourth-order valence-electron chi connectivity index (χ4n) is 5.91. The summed E-state index contributed by atoms with van der Waals surface area (Å²) in [6.45, 7) is -0.179. The van der Waals surface area contributed by atoms with Gasteiger partial charge in [0.15, 0.2) is 5.15 Å². The predicted molar refractivity (Wildman–Crippen MR) is 174 cm³/mol. The molecule has 0 bridgehead atoms. The van der Waals surface area contributed by atoms with Crippen molar-refractivity contribution in [3.63, 3.8) is 0 Å². The number of alkyl halides is 3. The van der Waals surface area contributed by atoms with Crippen molar-refractivity contribution >= 4 is 27.4 Å². The molecule has 1 aliphatic rings. The molecule has 3 atom stereocenters. The molecule has 0 amide bonds. The van der Waals surface area contributed by atoms with E-state index in [1.165, 1.54) is 44.9 Å². The maximum Gasteiger partial charge on any atom is 0.416 e. The Hall–Kier alpha value is -4.21. The van der Waals surface area contributed by atoms with Gasteiger partial charge in [-0.15, -0.1) is 0 Å². The number of nitrogens with zero attached hydrogens (tertiary/aromatic N) is 5. The van der Waals surface area contributed by atoms with E-state index in [9.17, 15) is 26.0 Å². The molecule has 4 aromatic rings. The summed E-state index contributed by atoms with van der Waals surface area (Å²) in [7, 11) is 2.17. The first kappa shape index (κ1) is 36.1. The molecule has 0 saturated heterocycles. The summed E-state index contributed by atoms with van der Waals surface area (Å²) in [6.07, 6.45) is -1.42. The van der Waals surface area contributed by atoms with Crippen molar-refractivity contribution < 1.29 is 40.2 Å². The lowest BCUT2D eigenvalue weighted by Gasteiger charge is -2.39. The van der Waals surface area contributed by atoms with Crippen LogP contribution in [0, 0.1) is 5.82 Å². The molecule has 2 aromatic carbocycles. The van der Waals surface area contributed by atoms with Crippen LogP contribution in [0.4, 0.5) is 23.4 Å². The molecule has 2 heterocycles. The second-order valence-electron chi connectivity index (χ2n) is 11.6. The van der Waals surface area contributed by atoms with E-state index in [-0.39, 0.29) is 39.9 Å². The molecule has 49 heavy (non-hydrogen) atoms. The first-order chi connectivity index (χ1) is 23.2. The topological polar surface area (TPSA) is 107 Å². The third kappa shape index (κ3) is 8.00. The van der Waals surface area contributed by atoms with Crippen molar-refractivity contribution in [2.75, 3.05) is 32.6 Å². The molecule has 2 aromatic heterocycles. The number of likely N-dealkylation sites (N-methyl/N-ethyl adjacent to an activating group) is 1. The van der Waals surface area contributed by atoms with E-state index in [2.05, 4.69) is 15.0 Å². The molecule has 1 fully saturated rings. The molecule has 5 rings (SSSR count). The van der Waals surface area contributed by atoms with Crippen molar-refractivity contribution in [1.29, 1.82) is 0 Å². The third-order valence-electron chi connectivity index (χ3n) is 8.44. The molecule has 1 saturated carbocycles. The van der Waals surface area contributed by atoms with Crippen LogP contribution in [-0.2, 0) is 22.7 Å². The van der Waals surface area contributed by atoms with Gasteiger partial charge in [0, 0.05) is 36.0 Å². The van der Waals surface area contributed by atoms with Gasteiger partial charge < -0.3 is 19.1 Å². The molecule has 0 aliphatic heterocycles. The molecule has 0 radical (unpaired) electrons. The Bertz CT molecular complexity index is 1890. The number of methoxy groups -OCH3 is 2. The Kier molecular flexibility index (Phi) is 10.8. The first-order valence-electron chi connectivity index (χ1n) is 15.1. The summed E-state index contributed by atoms with van der Waals surface area (Å²) in [5.74, 6) is -0.130. The maximum atomic E-state index is 14.7. The number of ether oxygens (including phenoxy) is 3. The summed E-state index contributed by atoms with van der Waals surface area (Å²) < 4.78 is 101. The standard InChI is InChI=1S/C33H34ClF4N5O5S/c1-42(2)26-15-20(24-16-22(33(36,37)38)7-9-25(24)35)6-10-27(26)48-31-12-11-29(32(34)41-31)49(44,45)43(30-13-14-39-19-40-30)18-21-5-8-23(46-3)17-28(21)47-4/h5,7-9,11-14,16-17,19-20,26-27H,6,10,15,18H2,1-4H3/t20-,26-,27-/m0/s1. The number of anilines is 1. The lowest BCUT2D eigenvalue weighted by Crippen LogP contribution is -2.46. The minimum absolute atomic E-state index is 0.0105. The molecular formula is C33H34ClF4N5O5S. The van der Waals surface area contributed by atoms with Crippen molar-refractivity contribution in [3.8, 4) is 17.4 Å². The first-order valence-corrected chi connectivity index (χ1v) is 16.9. The van der Waals surface area contributed by atoms with Gasteiger partial charge in [-0.1, -0.05) is 11.6 Å². The van der Waals surface area contributed by atoms with Gasteiger partial charge in [0.1, 0.15) is 40.5 Å². The summed E-state index contributed by atoms with van der Waals surface area (Å²) in [4.78, 5) is 13.9. The molecule has 262 valence electrons. The lowest BCUT2D eigenvalue weighted by atomic mass is 9.78. The van der Waals surface area contributed by atoms with Gasteiger partial charge in [-0.2, -0.15) is 13.2 Å². The average molecular weight is 724 g/mol. The van der Waals surface area contributed by atoms with Crippen LogP contribution in [0.5, 0.6) is 17.4 Å². The van der Waals surface area contributed by atoms with Gasteiger partial charge in [-0.3, -0.25) is 0 Å². The summed E-state index contributed by atoms with van der Waals surface area (Å²) in [5.41, 5.74) is -0.375. The average Bonchev–Trinajstić information content (AvgIpc) is 3.07. The van der Waals surface area contributed by atoms with Crippen LogP contribution >= 0.6 is 11.6 Å². The Morgan fingerprint density at radius 2 is 1.78 bits per heavy atom. The SMILES string of the molecule is COc1ccc(CN(c2ccncn2)S(=O)(=O)c2ccc(O[C@H]3CC[C@H](c4cc(C(F)(F)F)ccc4F)C[C@@H]3N(C)C)nc2Cl)c(OC)c1. The number of benzene rings is 2. The summed E-state index contributed by atoms with van der Waals surface area (Å²) in [5, 5.41) is -0.348. The summed E-state index contributed by atoms with van der Waals surface area (Å²) in [6, 6.07) is 11.2. The van der Waals surface area contributed by atoms with Crippen molar-refractivity contribution in [2.24, 2.45) is 0 Å². The Labute approximate surface area is 286 Å². The van der Waals surface area contributed by atoms with Gasteiger partial charge in [-0.25, -0.2) is 32.1 Å². The Morgan fingerprint density at radius 3 is 2.41 bits per heavy atom. The highest BCUT2D eigenvalue weighted by atomic mass is 35.5. The van der Waals surface area contributed by atoms with Crippen LogP contribution in [0.25, 0.3) is 0 Å². The minimum atomic E-state index is -4.59. The monoisotopic (exact) mass is 723 g/mol. The molecular weight excluding hydrogens is 690 g/mol. The number of pyridine rings is 1. The van der Waals surface area contributed by atoms with Gasteiger partial charge in [0.25, 0.3) is 10.0 Å². The normalized spacial score (nSPS) is 18.3. The fraction of sp³-hybridized carbons (Fsp3) is 0.364. The van der Waals surface area contributed by atoms with Gasteiger partial charge in [0.2, 0.25) is 5.88 Å². The molecule has 1 aliphatic carbocycles.